The maximum absolute atomic E-state index is 12.8. The number of carbonyl (C=O) groups excluding carboxylic acids is 1. The molecule has 112 valence electrons. The first kappa shape index (κ1) is 13.0. The number of ether oxygens (including phenoxy) is 1. The number of para-hydroxylation sites is 1. The quantitative estimate of drug-likeness (QED) is 0.818. The minimum atomic E-state index is -0.240. The van der Waals surface area contributed by atoms with E-state index in [4.69, 9.17) is 4.74 Å². The third-order valence-corrected chi connectivity index (χ3v) is 5.02. The lowest BCUT2D eigenvalue weighted by atomic mass is 10.00. The Morgan fingerprint density at radius 1 is 1.33 bits per heavy atom. The van der Waals surface area contributed by atoms with E-state index in [-0.39, 0.29) is 17.9 Å². The molecule has 0 spiro atoms. The summed E-state index contributed by atoms with van der Waals surface area (Å²) in [5.74, 6) is 1.42. The molecule has 0 aromatic heterocycles. The fraction of sp³-hybridized carbons (Fsp3) is 0.562. The predicted molar refractivity (Wildman–Crippen MR) is 78.6 cm³/mol. The van der Waals surface area contributed by atoms with Crippen molar-refractivity contribution in [1.82, 2.24) is 4.90 Å². The van der Waals surface area contributed by atoms with Crippen LogP contribution in [0, 0.1) is 11.8 Å². The zero-order valence-corrected chi connectivity index (χ0v) is 11.9. The van der Waals surface area contributed by atoms with E-state index in [1.165, 1.54) is 0 Å². The number of likely N-dealkylation sites (tertiary alicyclic amines) is 1. The van der Waals surface area contributed by atoms with Crippen LogP contribution >= 0.6 is 0 Å². The van der Waals surface area contributed by atoms with Gasteiger partial charge in [0, 0.05) is 25.6 Å². The zero-order chi connectivity index (χ0) is 14.4. The van der Waals surface area contributed by atoms with Crippen LogP contribution in [0.2, 0.25) is 0 Å². The van der Waals surface area contributed by atoms with Crippen molar-refractivity contribution in [2.24, 2.45) is 11.8 Å². The minimum absolute atomic E-state index is 0.0251. The molecule has 1 aromatic carbocycles. The highest BCUT2D eigenvalue weighted by Gasteiger charge is 2.43. The van der Waals surface area contributed by atoms with Gasteiger partial charge in [0.25, 0.3) is 5.91 Å². The highest BCUT2D eigenvalue weighted by molar-refractivity contribution is 5.99. The Hall–Kier alpha value is -1.75. The molecule has 1 aromatic rings. The number of hydrogen-bond acceptors (Lipinski definition) is 4. The van der Waals surface area contributed by atoms with Crippen molar-refractivity contribution in [2.75, 3.05) is 31.6 Å². The van der Waals surface area contributed by atoms with Crippen molar-refractivity contribution in [2.45, 2.75) is 18.9 Å². The lowest BCUT2D eigenvalue weighted by Gasteiger charge is -2.24. The Bertz CT molecular complexity index is 575. The van der Waals surface area contributed by atoms with Crippen LogP contribution in [0.25, 0.3) is 0 Å². The smallest absolute Gasteiger partial charge is 0.257 e. The first-order valence-corrected chi connectivity index (χ1v) is 7.71. The van der Waals surface area contributed by atoms with Crippen molar-refractivity contribution in [3.63, 3.8) is 0 Å². The predicted octanol–water partition coefficient (Wildman–Crippen LogP) is 1.33. The molecule has 1 amide bonds. The topological polar surface area (TPSA) is 61.8 Å². The fourth-order valence-electron chi connectivity index (χ4n) is 3.91. The van der Waals surface area contributed by atoms with Gasteiger partial charge >= 0.3 is 0 Å². The van der Waals surface area contributed by atoms with Gasteiger partial charge in [-0.15, -0.1) is 0 Å². The van der Waals surface area contributed by atoms with E-state index in [2.05, 4.69) is 5.32 Å². The molecule has 4 rings (SSSR count). The molecule has 5 nitrogen and oxygen atoms in total. The summed E-state index contributed by atoms with van der Waals surface area (Å²) in [6.07, 6.45) is 1.67. The normalized spacial score (nSPS) is 30.3. The van der Waals surface area contributed by atoms with Gasteiger partial charge in [-0.25, -0.2) is 0 Å². The second kappa shape index (κ2) is 4.91. The number of anilines is 1. The number of benzene rings is 1. The van der Waals surface area contributed by atoms with Gasteiger partial charge in [0.1, 0.15) is 6.61 Å². The molecule has 1 saturated heterocycles. The van der Waals surface area contributed by atoms with E-state index in [1.54, 1.807) is 0 Å². The monoisotopic (exact) mass is 288 g/mol. The summed E-state index contributed by atoms with van der Waals surface area (Å²) < 4.78 is 5.69. The zero-order valence-electron chi connectivity index (χ0n) is 11.9. The minimum Gasteiger partial charge on any atom is -0.489 e. The highest BCUT2D eigenvalue weighted by Crippen LogP contribution is 2.40. The molecule has 3 aliphatic rings. The van der Waals surface area contributed by atoms with E-state index in [1.807, 2.05) is 23.1 Å². The van der Waals surface area contributed by atoms with Crippen molar-refractivity contribution < 1.29 is 14.6 Å². The summed E-state index contributed by atoms with van der Waals surface area (Å²) >= 11 is 0. The van der Waals surface area contributed by atoms with Gasteiger partial charge in [-0.1, -0.05) is 6.07 Å². The van der Waals surface area contributed by atoms with E-state index in [0.717, 1.165) is 31.6 Å². The molecular formula is C16H20N2O3. The third kappa shape index (κ3) is 2.07. The third-order valence-electron chi connectivity index (χ3n) is 5.02. The average molecular weight is 288 g/mol. The molecule has 2 fully saturated rings. The van der Waals surface area contributed by atoms with Gasteiger partial charge in [-0.05, 0) is 30.9 Å². The average Bonchev–Trinajstić information content (AvgIpc) is 3.08. The maximum atomic E-state index is 12.8. The van der Waals surface area contributed by atoms with Crippen LogP contribution in [-0.2, 0) is 0 Å². The first-order chi connectivity index (χ1) is 10.2. The lowest BCUT2D eigenvalue weighted by Crippen LogP contribution is -2.32. The molecule has 0 bridgehead atoms. The van der Waals surface area contributed by atoms with Crippen LogP contribution in [0.15, 0.2) is 18.2 Å². The maximum Gasteiger partial charge on any atom is 0.257 e. The number of amides is 1. The summed E-state index contributed by atoms with van der Waals surface area (Å²) in [7, 11) is 0. The molecule has 21 heavy (non-hydrogen) atoms. The number of aliphatic hydroxyl groups excluding tert-OH is 1. The van der Waals surface area contributed by atoms with Crippen LogP contribution in [0.1, 0.15) is 23.2 Å². The number of rotatable bonds is 1. The van der Waals surface area contributed by atoms with Crippen LogP contribution in [0.3, 0.4) is 0 Å². The Kier molecular flexibility index (Phi) is 3.03. The van der Waals surface area contributed by atoms with Crippen LogP contribution in [-0.4, -0.2) is 48.3 Å². The molecule has 2 aliphatic heterocycles. The number of hydrogen-bond donors (Lipinski definition) is 2. The molecule has 3 atom stereocenters. The molecule has 0 radical (unpaired) electrons. The molecular weight excluding hydrogens is 268 g/mol. The van der Waals surface area contributed by atoms with Gasteiger partial charge in [0.05, 0.1) is 17.4 Å². The van der Waals surface area contributed by atoms with E-state index < -0.39 is 0 Å². The highest BCUT2D eigenvalue weighted by atomic mass is 16.5. The summed E-state index contributed by atoms with van der Waals surface area (Å²) in [6, 6.07) is 5.66. The van der Waals surface area contributed by atoms with Gasteiger partial charge in [0.15, 0.2) is 5.75 Å². The lowest BCUT2D eigenvalue weighted by molar-refractivity contribution is 0.0748. The number of nitrogens with one attached hydrogen (secondary N) is 1. The Morgan fingerprint density at radius 3 is 3.10 bits per heavy atom. The van der Waals surface area contributed by atoms with Crippen molar-refractivity contribution in [3.8, 4) is 5.75 Å². The van der Waals surface area contributed by atoms with E-state index >= 15 is 0 Å². The molecule has 5 heteroatoms. The van der Waals surface area contributed by atoms with Crippen LogP contribution < -0.4 is 10.1 Å². The van der Waals surface area contributed by atoms with Crippen molar-refractivity contribution in [1.29, 1.82) is 0 Å². The summed E-state index contributed by atoms with van der Waals surface area (Å²) in [6.45, 7) is 2.78. The second-order valence-corrected chi connectivity index (χ2v) is 6.24. The summed E-state index contributed by atoms with van der Waals surface area (Å²) in [5.41, 5.74) is 1.53. The SMILES string of the molecule is O=C(c1cccc2c1OCCN2)N1CC2CCC(O)C2C1. The molecule has 3 unspecified atom stereocenters. The standard InChI is InChI=1S/C16H20N2O3/c19-14-5-4-10-8-18(9-12(10)14)16(20)11-2-1-3-13-15(11)21-7-6-17-13/h1-3,10,12,14,17,19H,4-9H2. The Morgan fingerprint density at radius 2 is 2.24 bits per heavy atom. The number of aliphatic hydroxyl groups is 1. The fourth-order valence-corrected chi connectivity index (χ4v) is 3.91. The molecule has 1 aliphatic carbocycles. The van der Waals surface area contributed by atoms with E-state index in [9.17, 15) is 9.90 Å². The second-order valence-electron chi connectivity index (χ2n) is 6.24. The Labute approximate surface area is 123 Å². The number of nitrogens with zero attached hydrogens (tertiary/aromatic N) is 1. The largest absolute Gasteiger partial charge is 0.489 e. The van der Waals surface area contributed by atoms with Gasteiger partial charge < -0.3 is 20.1 Å². The molecule has 1 saturated carbocycles. The molecule has 2 heterocycles. The van der Waals surface area contributed by atoms with E-state index in [0.29, 0.717) is 30.4 Å². The van der Waals surface area contributed by atoms with Gasteiger partial charge in [-0.2, -0.15) is 0 Å². The first-order valence-electron chi connectivity index (χ1n) is 7.71. The van der Waals surface area contributed by atoms with Crippen LogP contribution in [0.4, 0.5) is 5.69 Å². The van der Waals surface area contributed by atoms with Gasteiger partial charge in [0.2, 0.25) is 0 Å². The van der Waals surface area contributed by atoms with Crippen molar-refractivity contribution >= 4 is 11.6 Å². The summed E-state index contributed by atoms with van der Waals surface area (Å²) in [4.78, 5) is 14.7. The van der Waals surface area contributed by atoms with Crippen LogP contribution in [0.5, 0.6) is 5.75 Å². The summed E-state index contributed by atoms with van der Waals surface area (Å²) in [5, 5.41) is 13.2. The number of carbonyl (C=O) groups is 1. The Balaban J connectivity index is 1.59. The van der Waals surface area contributed by atoms with Gasteiger partial charge in [-0.3, -0.25) is 4.79 Å². The van der Waals surface area contributed by atoms with Crippen molar-refractivity contribution in [3.05, 3.63) is 23.8 Å². The number of fused-ring (bicyclic) bond motifs is 2. The molecule has 2 N–H and O–H groups in total.